The van der Waals surface area contributed by atoms with Crippen molar-refractivity contribution in [1.82, 2.24) is 4.98 Å². The highest BCUT2D eigenvalue weighted by Gasteiger charge is 2.32. The Morgan fingerprint density at radius 1 is 1.02 bits per heavy atom. The summed E-state index contributed by atoms with van der Waals surface area (Å²) < 4.78 is 70.5. The van der Waals surface area contributed by atoms with E-state index in [1.807, 2.05) is 13.0 Å². The first-order valence-corrected chi connectivity index (χ1v) is 14.2. The number of hydrogen-bond acceptors (Lipinski definition) is 6. The van der Waals surface area contributed by atoms with E-state index in [-0.39, 0.29) is 36.0 Å². The third-order valence-electron chi connectivity index (χ3n) is 6.05. The van der Waals surface area contributed by atoms with Crippen LogP contribution < -0.4 is 4.72 Å². The number of ether oxygens (including phenoxy) is 1. The van der Waals surface area contributed by atoms with Gasteiger partial charge in [0.25, 0.3) is 10.0 Å². The first-order chi connectivity index (χ1) is 18.9. The van der Waals surface area contributed by atoms with Gasteiger partial charge in [0.1, 0.15) is 11.9 Å². The standard InChI is InChI=1S/C21H21F3N2O5S.C8H10/c1-2-4-16-11-18(27)17(20(28)31-16)10-13-5-3-6-15(9-13)26-32(29,30)19-8-7-14(12-25-19)21(22,23)24;1-2-8-6-4-3-5-7-8/h3,5-9,12,16,26-27H,2,4,10-11H2,1H3;3-7H,2H2,1H3. The molecule has 0 aliphatic carbocycles. The molecule has 214 valence electrons. The summed E-state index contributed by atoms with van der Waals surface area (Å²) in [4.78, 5) is 15.6. The summed E-state index contributed by atoms with van der Waals surface area (Å²) in [5.41, 5.74) is 1.09. The molecule has 7 nitrogen and oxygen atoms in total. The second kappa shape index (κ2) is 13.5. The Balaban J connectivity index is 0.000000472. The van der Waals surface area contributed by atoms with Gasteiger partial charge in [-0.15, -0.1) is 0 Å². The SMILES string of the molecule is CCCC1CC(O)=C(Cc2cccc(NS(=O)(=O)c3ccc(C(F)(F)F)cn3)c2)C(=O)O1.CCc1ccccc1. The summed E-state index contributed by atoms with van der Waals surface area (Å²) in [5, 5.41) is 9.69. The van der Waals surface area contributed by atoms with Crippen molar-refractivity contribution in [2.75, 3.05) is 4.72 Å². The number of nitrogens with zero attached hydrogens (tertiary/aromatic N) is 1. The Labute approximate surface area is 231 Å². The van der Waals surface area contributed by atoms with Gasteiger partial charge in [0.2, 0.25) is 0 Å². The van der Waals surface area contributed by atoms with Gasteiger partial charge in [-0.25, -0.2) is 9.78 Å². The summed E-state index contributed by atoms with van der Waals surface area (Å²) >= 11 is 0. The van der Waals surface area contributed by atoms with Crippen molar-refractivity contribution in [2.45, 2.75) is 63.3 Å². The third-order valence-corrected chi connectivity index (χ3v) is 7.35. The van der Waals surface area contributed by atoms with Crippen LogP contribution in [0.25, 0.3) is 0 Å². The fourth-order valence-corrected chi connectivity index (χ4v) is 4.94. The molecule has 0 bridgehead atoms. The number of nitrogens with one attached hydrogen (secondary N) is 1. The molecule has 0 saturated heterocycles. The van der Waals surface area contributed by atoms with Crippen molar-refractivity contribution in [1.29, 1.82) is 0 Å². The van der Waals surface area contributed by atoms with Crippen molar-refractivity contribution in [3.63, 3.8) is 0 Å². The fraction of sp³-hybridized carbons (Fsp3) is 0.310. The van der Waals surface area contributed by atoms with Gasteiger partial charge in [-0.05, 0) is 48.2 Å². The Bertz CT molecular complexity index is 1420. The number of esters is 1. The largest absolute Gasteiger partial charge is 0.512 e. The van der Waals surface area contributed by atoms with E-state index in [1.54, 1.807) is 12.1 Å². The van der Waals surface area contributed by atoms with Gasteiger partial charge in [0.05, 0.1) is 11.1 Å². The van der Waals surface area contributed by atoms with Gasteiger partial charge >= 0.3 is 12.1 Å². The smallest absolute Gasteiger partial charge is 0.417 e. The molecule has 40 heavy (non-hydrogen) atoms. The number of sulfonamides is 1. The molecule has 11 heteroatoms. The molecule has 1 unspecified atom stereocenters. The van der Waals surface area contributed by atoms with Gasteiger partial charge in [0, 0.05) is 24.7 Å². The van der Waals surface area contributed by atoms with Crippen LogP contribution in [0.1, 0.15) is 49.8 Å². The normalized spacial score (nSPS) is 15.6. The molecule has 3 aromatic rings. The van der Waals surface area contributed by atoms with Crippen LogP contribution in [0.4, 0.5) is 18.9 Å². The Morgan fingerprint density at radius 2 is 1.73 bits per heavy atom. The summed E-state index contributed by atoms with van der Waals surface area (Å²) in [6, 6.07) is 17.9. The molecule has 4 rings (SSSR count). The van der Waals surface area contributed by atoms with Gasteiger partial charge in [-0.1, -0.05) is 62.7 Å². The van der Waals surface area contributed by atoms with Crippen molar-refractivity contribution in [3.8, 4) is 0 Å². The van der Waals surface area contributed by atoms with Crippen molar-refractivity contribution < 1.29 is 36.2 Å². The molecule has 1 aliphatic heterocycles. The minimum absolute atomic E-state index is 0.0254. The van der Waals surface area contributed by atoms with Crippen molar-refractivity contribution in [3.05, 3.63) is 101 Å². The number of anilines is 1. The molecule has 0 saturated carbocycles. The number of aromatic nitrogens is 1. The van der Waals surface area contributed by atoms with E-state index in [9.17, 15) is 31.5 Å². The maximum atomic E-state index is 12.7. The second-order valence-electron chi connectivity index (χ2n) is 9.15. The maximum absolute atomic E-state index is 12.7. The van der Waals surface area contributed by atoms with E-state index in [0.29, 0.717) is 24.2 Å². The number of carbonyl (C=O) groups excluding carboxylic acids is 1. The lowest BCUT2D eigenvalue weighted by atomic mass is 9.98. The Morgan fingerprint density at radius 3 is 2.27 bits per heavy atom. The average Bonchev–Trinajstić information content (AvgIpc) is 2.91. The number of aliphatic hydroxyl groups is 1. The maximum Gasteiger partial charge on any atom is 0.417 e. The Hall–Kier alpha value is -3.86. The molecule has 2 N–H and O–H groups in total. The highest BCUT2D eigenvalue weighted by molar-refractivity contribution is 7.92. The summed E-state index contributed by atoms with van der Waals surface area (Å²) in [6.45, 7) is 4.10. The van der Waals surface area contributed by atoms with E-state index in [0.717, 1.165) is 18.9 Å². The van der Waals surface area contributed by atoms with Crippen LogP contribution in [0.5, 0.6) is 0 Å². The second-order valence-corrected chi connectivity index (χ2v) is 10.8. The zero-order valence-corrected chi connectivity index (χ0v) is 22.9. The molecule has 2 aromatic carbocycles. The first-order valence-electron chi connectivity index (χ1n) is 12.7. The number of aliphatic hydroxyl groups excluding tert-OH is 1. The molecule has 1 aliphatic rings. The molecule has 2 heterocycles. The summed E-state index contributed by atoms with van der Waals surface area (Å²) in [6.07, 6.45) is -1.73. The van der Waals surface area contributed by atoms with Crippen molar-refractivity contribution in [2.24, 2.45) is 0 Å². The zero-order chi connectivity index (χ0) is 29.3. The topological polar surface area (TPSA) is 106 Å². The molecule has 0 amide bonds. The molecule has 0 fully saturated rings. The van der Waals surface area contributed by atoms with E-state index in [1.165, 1.54) is 17.7 Å². The average molecular weight is 577 g/mol. The molecule has 1 aromatic heterocycles. The van der Waals surface area contributed by atoms with E-state index < -0.39 is 32.8 Å². The lowest BCUT2D eigenvalue weighted by Crippen LogP contribution is -2.27. The van der Waals surface area contributed by atoms with Crippen LogP contribution in [0.15, 0.2) is 89.3 Å². The summed E-state index contributed by atoms with van der Waals surface area (Å²) in [7, 11) is -4.24. The van der Waals surface area contributed by atoms with E-state index in [2.05, 4.69) is 40.9 Å². The molecule has 0 spiro atoms. The highest BCUT2D eigenvalue weighted by atomic mass is 32.2. The number of cyclic esters (lactones) is 1. The number of carbonyl (C=O) groups is 1. The first kappa shape index (κ1) is 30.7. The quantitative estimate of drug-likeness (QED) is 0.292. The van der Waals surface area contributed by atoms with Crippen LogP contribution in [0.3, 0.4) is 0 Å². The Kier molecular flexibility index (Phi) is 10.3. The van der Waals surface area contributed by atoms with E-state index >= 15 is 0 Å². The minimum Gasteiger partial charge on any atom is -0.512 e. The highest BCUT2D eigenvalue weighted by Crippen LogP contribution is 2.29. The molecule has 1 atom stereocenters. The monoisotopic (exact) mass is 576 g/mol. The lowest BCUT2D eigenvalue weighted by Gasteiger charge is -2.24. The minimum atomic E-state index is -4.63. The van der Waals surface area contributed by atoms with Gasteiger partial charge in [-0.3, -0.25) is 4.72 Å². The number of halogens is 3. The van der Waals surface area contributed by atoms with Crippen molar-refractivity contribution >= 4 is 21.7 Å². The number of alkyl halides is 3. The number of rotatable bonds is 8. The van der Waals surface area contributed by atoms with Gasteiger partial charge in [0.15, 0.2) is 5.03 Å². The molecule has 0 radical (unpaired) electrons. The van der Waals surface area contributed by atoms with Crippen LogP contribution in [-0.4, -0.2) is 30.6 Å². The fourth-order valence-electron chi connectivity index (χ4n) is 3.95. The zero-order valence-electron chi connectivity index (χ0n) is 22.1. The molecular formula is C29H31F3N2O5S. The van der Waals surface area contributed by atoms with E-state index in [4.69, 9.17) is 4.74 Å². The molecular weight excluding hydrogens is 545 g/mol. The van der Waals surface area contributed by atoms with Gasteiger partial charge < -0.3 is 9.84 Å². The number of hydrogen-bond donors (Lipinski definition) is 2. The predicted octanol–water partition coefficient (Wildman–Crippen LogP) is 6.62. The number of aryl methyl sites for hydroxylation is 1. The number of pyridine rings is 1. The van der Waals surface area contributed by atoms with Crippen LogP contribution in [-0.2, 0) is 38.6 Å². The third kappa shape index (κ3) is 8.57. The predicted molar refractivity (Wildman–Crippen MR) is 145 cm³/mol. The number of benzene rings is 2. The van der Waals surface area contributed by atoms with Crippen LogP contribution in [0, 0.1) is 0 Å². The van der Waals surface area contributed by atoms with Gasteiger partial charge in [-0.2, -0.15) is 21.6 Å². The van der Waals surface area contributed by atoms with Crippen LogP contribution >= 0.6 is 0 Å². The summed E-state index contributed by atoms with van der Waals surface area (Å²) in [5.74, 6) is -0.674. The lowest BCUT2D eigenvalue weighted by molar-refractivity contribution is -0.147. The van der Waals surface area contributed by atoms with Crippen LogP contribution in [0.2, 0.25) is 0 Å².